The summed E-state index contributed by atoms with van der Waals surface area (Å²) in [6, 6.07) is 16.6. The average Bonchev–Trinajstić information content (AvgIpc) is 3.60. The fourth-order valence-electron chi connectivity index (χ4n) is 10.6. The van der Waals surface area contributed by atoms with Crippen molar-refractivity contribution < 1.29 is 19.0 Å². The molecule has 338 valence electrons. The molecular formula is C54H60Cl4N2O4. The van der Waals surface area contributed by atoms with E-state index in [1.165, 1.54) is 49.7 Å². The van der Waals surface area contributed by atoms with Crippen LogP contribution in [0.4, 0.5) is 0 Å². The lowest BCUT2D eigenvalue weighted by atomic mass is 9.66. The number of rotatable bonds is 12. The van der Waals surface area contributed by atoms with Crippen molar-refractivity contribution in [2.75, 3.05) is 14.2 Å². The Hall–Kier alpha value is -3.75. The van der Waals surface area contributed by atoms with Crippen LogP contribution < -0.4 is 20.1 Å². The SMILES string of the molecule is COc1ccc(C(=CC2(C=C(c3ccc(OC)cc3)C3(C)C=CC(C)=CC3NC3CCCCC3)OC(=O)c3c(Cl)c(Cl)c(Cl)c(Cl)c32)C2(C)C=CC(C)=CC2NC2CCCCC2)cc1. The van der Waals surface area contributed by atoms with Crippen LogP contribution in [-0.4, -0.2) is 44.4 Å². The van der Waals surface area contributed by atoms with Gasteiger partial charge in [-0.2, -0.15) is 0 Å². The van der Waals surface area contributed by atoms with Gasteiger partial charge in [-0.3, -0.25) is 0 Å². The minimum Gasteiger partial charge on any atom is -0.497 e. The summed E-state index contributed by atoms with van der Waals surface area (Å²) in [6.45, 7) is 8.80. The van der Waals surface area contributed by atoms with Crippen molar-refractivity contribution in [3.05, 3.63) is 151 Å². The molecule has 4 atom stereocenters. The van der Waals surface area contributed by atoms with E-state index in [1.54, 1.807) is 14.2 Å². The second kappa shape index (κ2) is 19.2. The highest BCUT2D eigenvalue weighted by Gasteiger charge is 2.51. The van der Waals surface area contributed by atoms with Crippen molar-refractivity contribution in [3.63, 3.8) is 0 Å². The summed E-state index contributed by atoms with van der Waals surface area (Å²) < 4.78 is 18.3. The van der Waals surface area contributed by atoms with Crippen LogP contribution in [0.15, 0.2) is 108 Å². The van der Waals surface area contributed by atoms with Crippen LogP contribution in [0.1, 0.15) is 119 Å². The Bertz CT molecular complexity index is 2310. The van der Waals surface area contributed by atoms with Gasteiger partial charge in [-0.05, 0) is 98.2 Å². The summed E-state index contributed by atoms with van der Waals surface area (Å²) in [6.07, 6.45) is 29.5. The van der Waals surface area contributed by atoms with Gasteiger partial charge in [0.05, 0.1) is 39.9 Å². The topological polar surface area (TPSA) is 68.8 Å². The predicted octanol–water partition coefficient (Wildman–Crippen LogP) is 14.5. The van der Waals surface area contributed by atoms with E-state index in [4.69, 9.17) is 60.6 Å². The molecule has 8 rings (SSSR count). The molecule has 0 bridgehead atoms. The molecule has 2 N–H and O–H groups in total. The third kappa shape index (κ3) is 9.05. The minimum absolute atomic E-state index is 0.00221. The molecule has 0 radical (unpaired) electrons. The first kappa shape index (κ1) is 46.8. The van der Waals surface area contributed by atoms with Crippen molar-refractivity contribution in [3.8, 4) is 11.5 Å². The highest BCUT2D eigenvalue weighted by Crippen LogP contribution is 2.57. The molecule has 1 aliphatic heterocycles. The zero-order chi connectivity index (χ0) is 45.4. The number of hydrogen-bond acceptors (Lipinski definition) is 6. The van der Waals surface area contributed by atoms with Gasteiger partial charge in [0, 0.05) is 40.6 Å². The highest BCUT2D eigenvalue weighted by molar-refractivity contribution is 6.53. The molecule has 2 saturated carbocycles. The molecule has 10 heteroatoms. The molecule has 1 heterocycles. The van der Waals surface area contributed by atoms with Crippen LogP contribution >= 0.6 is 46.4 Å². The van der Waals surface area contributed by atoms with Gasteiger partial charge in [-0.1, -0.05) is 171 Å². The highest BCUT2D eigenvalue weighted by atomic mass is 35.5. The molecule has 3 aromatic rings. The Morgan fingerprint density at radius 3 is 1.44 bits per heavy atom. The Labute approximate surface area is 399 Å². The van der Waals surface area contributed by atoms with E-state index < -0.39 is 22.4 Å². The third-order valence-electron chi connectivity index (χ3n) is 14.4. The fraction of sp³-hybridized carbons (Fsp3) is 0.426. The summed E-state index contributed by atoms with van der Waals surface area (Å²) >= 11 is 28.3. The van der Waals surface area contributed by atoms with Crippen LogP contribution in [-0.2, 0) is 10.3 Å². The number of nitrogens with one attached hydrogen (secondary N) is 2. The van der Waals surface area contributed by atoms with Crippen LogP contribution in [0.2, 0.25) is 20.1 Å². The van der Waals surface area contributed by atoms with Gasteiger partial charge >= 0.3 is 5.97 Å². The normalized spacial score (nSPS) is 27.8. The van der Waals surface area contributed by atoms with Crippen molar-refractivity contribution in [1.82, 2.24) is 10.6 Å². The lowest BCUT2D eigenvalue weighted by molar-refractivity contribution is 0.0296. The van der Waals surface area contributed by atoms with E-state index in [9.17, 15) is 4.79 Å². The summed E-state index contributed by atoms with van der Waals surface area (Å²) in [5, 5.41) is 8.34. The van der Waals surface area contributed by atoms with E-state index >= 15 is 0 Å². The van der Waals surface area contributed by atoms with Gasteiger partial charge in [0.2, 0.25) is 0 Å². The first-order valence-electron chi connectivity index (χ1n) is 22.8. The second-order valence-electron chi connectivity index (χ2n) is 18.8. The lowest BCUT2D eigenvalue weighted by Crippen LogP contribution is -2.49. The monoisotopic (exact) mass is 940 g/mol. The number of carbonyl (C=O) groups is 1. The van der Waals surface area contributed by atoms with E-state index in [1.807, 2.05) is 24.3 Å². The second-order valence-corrected chi connectivity index (χ2v) is 20.3. The summed E-state index contributed by atoms with van der Waals surface area (Å²) in [7, 11) is 3.33. The van der Waals surface area contributed by atoms with Crippen molar-refractivity contribution in [2.24, 2.45) is 10.8 Å². The number of methoxy groups -OCH3 is 2. The Morgan fingerprint density at radius 1 is 0.625 bits per heavy atom. The third-order valence-corrected chi connectivity index (χ3v) is 16.2. The molecule has 0 spiro atoms. The van der Waals surface area contributed by atoms with Crippen molar-refractivity contribution in [2.45, 2.75) is 122 Å². The maximum Gasteiger partial charge on any atom is 0.341 e. The molecule has 2 fully saturated rings. The Morgan fingerprint density at radius 2 is 1.03 bits per heavy atom. The van der Waals surface area contributed by atoms with E-state index in [0.717, 1.165) is 59.5 Å². The number of cyclic esters (lactones) is 1. The summed E-state index contributed by atoms with van der Waals surface area (Å²) in [4.78, 5) is 14.7. The van der Waals surface area contributed by atoms with Crippen LogP contribution in [0.5, 0.6) is 11.5 Å². The van der Waals surface area contributed by atoms with Gasteiger partial charge in [0.15, 0.2) is 5.60 Å². The van der Waals surface area contributed by atoms with E-state index in [2.05, 4.69) is 111 Å². The van der Waals surface area contributed by atoms with E-state index in [-0.39, 0.29) is 37.7 Å². The number of carbonyl (C=O) groups excluding carboxylic acids is 1. The molecule has 0 amide bonds. The quantitative estimate of drug-likeness (QED) is 0.107. The molecule has 5 aliphatic rings. The maximum absolute atomic E-state index is 14.7. The number of fused-ring (bicyclic) bond motifs is 1. The summed E-state index contributed by atoms with van der Waals surface area (Å²) in [5.41, 5.74) is 3.42. The molecule has 4 aliphatic carbocycles. The van der Waals surface area contributed by atoms with Gasteiger partial charge in [0.25, 0.3) is 0 Å². The summed E-state index contributed by atoms with van der Waals surface area (Å²) in [5.74, 6) is 0.800. The largest absolute Gasteiger partial charge is 0.497 e. The van der Waals surface area contributed by atoms with Gasteiger partial charge in [-0.25, -0.2) is 4.79 Å². The minimum atomic E-state index is -1.66. The van der Waals surface area contributed by atoms with Crippen molar-refractivity contribution >= 4 is 63.5 Å². The molecule has 0 aromatic heterocycles. The number of esters is 1. The molecule has 4 unspecified atom stereocenters. The van der Waals surface area contributed by atoms with Gasteiger partial charge in [0.1, 0.15) is 11.5 Å². The van der Waals surface area contributed by atoms with Crippen LogP contribution in [0.3, 0.4) is 0 Å². The molecule has 64 heavy (non-hydrogen) atoms. The predicted molar refractivity (Wildman–Crippen MR) is 265 cm³/mol. The fourth-order valence-corrected chi connectivity index (χ4v) is 11.6. The van der Waals surface area contributed by atoms with Crippen LogP contribution in [0.25, 0.3) is 11.1 Å². The standard InChI is InChI=1S/C54H60Cl4N2O4/c1-33-25-27-52(3,43(29-33)59-37-13-9-7-10-14-37)41(35-17-21-39(62-5)22-18-35)31-54(46-45(51(61)64-54)47(55)49(57)50(58)48(46)56)32-42(36-19-23-40(63-6)24-20-36)53(4)28-26-34(2)30-44(53)60-38-15-11-8-12-16-38/h17-32,37-38,43-44,59-60H,7-16H2,1-6H3. The smallest absolute Gasteiger partial charge is 0.341 e. The number of halogens is 4. The lowest BCUT2D eigenvalue weighted by Gasteiger charge is -2.44. The van der Waals surface area contributed by atoms with Gasteiger partial charge < -0.3 is 24.8 Å². The molecular weight excluding hydrogens is 882 g/mol. The number of allylic oxidation sites excluding steroid dienone is 4. The zero-order valence-corrected chi connectivity index (χ0v) is 40.8. The first-order chi connectivity index (χ1) is 30.7. The number of benzene rings is 3. The number of ether oxygens (including phenoxy) is 3. The first-order valence-corrected chi connectivity index (χ1v) is 24.3. The number of hydrogen-bond donors (Lipinski definition) is 2. The Balaban J connectivity index is 1.45. The van der Waals surface area contributed by atoms with Crippen molar-refractivity contribution in [1.29, 1.82) is 0 Å². The zero-order valence-electron chi connectivity index (χ0n) is 37.8. The molecule has 3 aromatic carbocycles. The maximum atomic E-state index is 14.7. The average molecular weight is 943 g/mol. The molecule has 0 saturated heterocycles. The van der Waals surface area contributed by atoms with Crippen LogP contribution in [0, 0.1) is 10.8 Å². The Kier molecular flexibility index (Phi) is 14.1. The molecule has 6 nitrogen and oxygen atoms in total. The van der Waals surface area contributed by atoms with Gasteiger partial charge in [-0.15, -0.1) is 0 Å². The van der Waals surface area contributed by atoms with E-state index in [0.29, 0.717) is 17.6 Å².